The summed E-state index contributed by atoms with van der Waals surface area (Å²) in [5, 5.41) is 0. The molecule has 0 aliphatic heterocycles. The third kappa shape index (κ3) is 2.57. The molecule has 0 amide bonds. The van der Waals surface area contributed by atoms with Crippen LogP contribution in [0.5, 0.6) is 0 Å². The van der Waals surface area contributed by atoms with Crippen LogP contribution >= 0.6 is 0 Å². The topological polar surface area (TPSA) is 0 Å². The Morgan fingerprint density at radius 3 is 1.58 bits per heavy atom. The monoisotopic (exact) mass is 314 g/mol. The number of aryl methyl sites for hydroxylation is 1. The summed E-state index contributed by atoms with van der Waals surface area (Å²) in [5.74, 6) is 0. The predicted molar refractivity (Wildman–Crippen MR) is 106 cm³/mol. The molecule has 0 radical (unpaired) electrons. The van der Waals surface area contributed by atoms with Crippen molar-refractivity contribution in [3.63, 3.8) is 0 Å². The molecule has 0 saturated heterocycles. The Morgan fingerprint density at radius 2 is 1.00 bits per heavy atom. The van der Waals surface area contributed by atoms with Crippen LogP contribution in [0.4, 0.5) is 0 Å². The molecule has 24 heavy (non-hydrogen) atoms. The second-order valence-corrected chi connectivity index (χ2v) is 6.86. The van der Waals surface area contributed by atoms with E-state index < -0.39 is 0 Å². The van der Waals surface area contributed by atoms with E-state index in [2.05, 4.69) is 90.1 Å². The lowest BCUT2D eigenvalue weighted by molar-refractivity contribution is 1.18. The van der Waals surface area contributed by atoms with Gasteiger partial charge in [0.25, 0.3) is 0 Å². The maximum atomic E-state index is 2.28. The fourth-order valence-electron chi connectivity index (χ4n) is 3.77. The summed E-state index contributed by atoms with van der Waals surface area (Å²) >= 11 is 0. The van der Waals surface area contributed by atoms with Crippen LogP contribution in [0.1, 0.15) is 33.4 Å². The standard InChI is InChI=1S/C24H26/c1-15-11-10-14-22(23(15)21-12-8-7-9-13-21)24-19(5)17(3)16(2)18(4)20(24)6/h7-14H,1-6H3. The summed E-state index contributed by atoms with van der Waals surface area (Å²) < 4.78 is 0. The van der Waals surface area contributed by atoms with Crippen molar-refractivity contribution in [1.29, 1.82) is 0 Å². The number of hydrogen-bond acceptors (Lipinski definition) is 0. The molecule has 0 saturated carbocycles. The molecule has 0 aromatic heterocycles. The van der Waals surface area contributed by atoms with Crippen molar-refractivity contribution in [2.45, 2.75) is 41.5 Å². The van der Waals surface area contributed by atoms with E-state index in [9.17, 15) is 0 Å². The number of hydrogen-bond donors (Lipinski definition) is 0. The van der Waals surface area contributed by atoms with Crippen LogP contribution in [0.15, 0.2) is 48.5 Å². The van der Waals surface area contributed by atoms with Crippen molar-refractivity contribution in [2.75, 3.05) is 0 Å². The van der Waals surface area contributed by atoms with Crippen LogP contribution in [0.3, 0.4) is 0 Å². The predicted octanol–water partition coefficient (Wildman–Crippen LogP) is 6.87. The molecule has 0 spiro atoms. The molecule has 0 aliphatic rings. The fraction of sp³-hybridized carbons (Fsp3) is 0.250. The van der Waals surface area contributed by atoms with Crippen molar-refractivity contribution >= 4 is 0 Å². The molecule has 0 N–H and O–H groups in total. The average molecular weight is 314 g/mol. The molecule has 0 heteroatoms. The van der Waals surface area contributed by atoms with E-state index in [-0.39, 0.29) is 0 Å². The molecule has 0 atom stereocenters. The molecule has 3 rings (SSSR count). The van der Waals surface area contributed by atoms with Gasteiger partial charge in [0.1, 0.15) is 0 Å². The first kappa shape index (κ1) is 16.5. The lowest BCUT2D eigenvalue weighted by Crippen LogP contribution is -2.01. The number of benzene rings is 3. The summed E-state index contributed by atoms with van der Waals surface area (Å²) in [5.41, 5.74) is 13.8. The average Bonchev–Trinajstić information content (AvgIpc) is 2.59. The van der Waals surface area contributed by atoms with Crippen LogP contribution in [-0.2, 0) is 0 Å². The van der Waals surface area contributed by atoms with Crippen LogP contribution in [0, 0.1) is 41.5 Å². The third-order valence-corrected chi connectivity index (χ3v) is 5.60. The van der Waals surface area contributed by atoms with Gasteiger partial charge in [-0.1, -0.05) is 48.5 Å². The van der Waals surface area contributed by atoms with Crippen molar-refractivity contribution in [1.82, 2.24) is 0 Å². The SMILES string of the molecule is Cc1cccc(-c2c(C)c(C)c(C)c(C)c2C)c1-c1ccccc1. The fourth-order valence-corrected chi connectivity index (χ4v) is 3.77. The molecule has 0 fully saturated rings. The zero-order valence-corrected chi connectivity index (χ0v) is 15.6. The minimum absolute atomic E-state index is 1.29. The van der Waals surface area contributed by atoms with Gasteiger partial charge in [0.05, 0.1) is 0 Å². The van der Waals surface area contributed by atoms with Gasteiger partial charge < -0.3 is 0 Å². The van der Waals surface area contributed by atoms with Crippen LogP contribution in [-0.4, -0.2) is 0 Å². The van der Waals surface area contributed by atoms with Gasteiger partial charge >= 0.3 is 0 Å². The Hall–Kier alpha value is -2.34. The minimum atomic E-state index is 1.29. The van der Waals surface area contributed by atoms with Crippen LogP contribution in [0.2, 0.25) is 0 Å². The van der Waals surface area contributed by atoms with E-state index in [4.69, 9.17) is 0 Å². The van der Waals surface area contributed by atoms with Gasteiger partial charge in [-0.25, -0.2) is 0 Å². The Labute approximate surface area is 146 Å². The molecule has 0 unspecified atom stereocenters. The normalized spacial score (nSPS) is 10.9. The Morgan fingerprint density at radius 1 is 0.458 bits per heavy atom. The van der Waals surface area contributed by atoms with Gasteiger partial charge in [0.2, 0.25) is 0 Å². The van der Waals surface area contributed by atoms with Gasteiger partial charge in [-0.2, -0.15) is 0 Å². The highest BCUT2D eigenvalue weighted by molar-refractivity contribution is 5.89. The van der Waals surface area contributed by atoms with E-state index in [0.29, 0.717) is 0 Å². The molecule has 3 aromatic carbocycles. The zero-order chi connectivity index (χ0) is 17.4. The Bertz CT molecular complexity index is 870. The molecular weight excluding hydrogens is 288 g/mol. The first-order valence-electron chi connectivity index (χ1n) is 8.65. The van der Waals surface area contributed by atoms with Crippen LogP contribution in [0.25, 0.3) is 22.3 Å². The summed E-state index contributed by atoms with van der Waals surface area (Å²) in [4.78, 5) is 0. The molecular formula is C24H26. The van der Waals surface area contributed by atoms with Crippen molar-refractivity contribution in [3.05, 3.63) is 81.9 Å². The summed E-state index contributed by atoms with van der Waals surface area (Å²) in [7, 11) is 0. The van der Waals surface area contributed by atoms with E-state index in [0.717, 1.165) is 0 Å². The molecule has 3 aromatic rings. The highest BCUT2D eigenvalue weighted by Crippen LogP contribution is 2.40. The molecule has 0 aliphatic carbocycles. The van der Waals surface area contributed by atoms with E-state index >= 15 is 0 Å². The maximum Gasteiger partial charge on any atom is -0.00759 e. The third-order valence-electron chi connectivity index (χ3n) is 5.60. The second kappa shape index (κ2) is 6.28. The maximum absolute atomic E-state index is 2.28. The summed E-state index contributed by atoms with van der Waals surface area (Å²) in [6, 6.07) is 17.4. The quantitative estimate of drug-likeness (QED) is 0.484. The van der Waals surface area contributed by atoms with E-state index in [1.165, 1.54) is 55.6 Å². The molecule has 122 valence electrons. The lowest BCUT2D eigenvalue weighted by Gasteiger charge is -2.22. The van der Waals surface area contributed by atoms with Gasteiger partial charge in [-0.15, -0.1) is 0 Å². The van der Waals surface area contributed by atoms with Gasteiger partial charge in [-0.3, -0.25) is 0 Å². The zero-order valence-electron chi connectivity index (χ0n) is 15.6. The summed E-state index contributed by atoms with van der Waals surface area (Å²) in [6.45, 7) is 13.5. The van der Waals surface area contributed by atoms with Gasteiger partial charge in [-0.05, 0) is 97.2 Å². The summed E-state index contributed by atoms with van der Waals surface area (Å²) in [6.07, 6.45) is 0. The molecule has 0 heterocycles. The van der Waals surface area contributed by atoms with Crippen LogP contribution < -0.4 is 0 Å². The first-order chi connectivity index (χ1) is 11.4. The lowest BCUT2D eigenvalue weighted by atomic mass is 9.82. The highest BCUT2D eigenvalue weighted by atomic mass is 14.2. The van der Waals surface area contributed by atoms with Crippen molar-refractivity contribution in [3.8, 4) is 22.3 Å². The van der Waals surface area contributed by atoms with Crippen molar-refractivity contribution in [2.24, 2.45) is 0 Å². The Balaban J connectivity index is 2.40. The van der Waals surface area contributed by atoms with E-state index in [1.807, 2.05) is 0 Å². The number of rotatable bonds is 2. The molecule has 0 nitrogen and oxygen atoms in total. The van der Waals surface area contributed by atoms with Gasteiger partial charge in [0, 0.05) is 0 Å². The van der Waals surface area contributed by atoms with Crippen molar-refractivity contribution < 1.29 is 0 Å². The largest absolute Gasteiger partial charge is 0.0622 e. The van der Waals surface area contributed by atoms with Gasteiger partial charge in [0.15, 0.2) is 0 Å². The Kier molecular flexibility index (Phi) is 4.32. The minimum Gasteiger partial charge on any atom is -0.0622 e. The smallest absolute Gasteiger partial charge is 0.00759 e. The first-order valence-corrected chi connectivity index (χ1v) is 8.65. The highest BCUT2D eigenvalue weighted by Gasteiger charge is 2.17. The molecule has 0 bridgehead atoms. The van der Waals surface area contributed by atoms with E-state index in [1.54, 1.807) is 0 Å². The second-order valence-electron chi connectivity index (χ2n) is 6.86.